The topological polar surface area (TPSA) is 55.4 Å². The van der Waals surface area contributed by atoms with Gasteiger partial charge < -0.3 is 10.1 Å². The zero-order valence-corrected chi connectivity index (χ0v) is 15.8. The second kappa shape index (κ2) is 8.72. The van der Waals surface area contributed by atoms with Gasteiger partial charge in [-0.2, -0.15) is 0 Å². The predicted molar refractivity (Wildman–Crippen MR) is 102 cm³/mol. The van der Waals surface area contributed by atoms with Crippen LogP contribution in [0.25, 0.3) is 0 Å². The number of hydrogen-bond acceptors (Lipinski definition) is 4. The molecule has 0 unspecified atom stereocenters. The van der Waals surface area contributed by atoms with Gasteiger partial charge in [0.1, 0.15) is 0 Å². The third-order valence-corrected chi connectivity index (χ3v) is 4.89. The van der Waals surface area contributed by atoms with Gasteiger partial charge in [0.15, 0.2) is 6.61 Å². The summed E-state index contributed by atoms with van der Waals surface area (Å²) in [6.45, 7) is 7.62. The number of benzene rings is 2. The lowest BCUT2D eigenvalue weighted by atomic mass is 10.1. The molecule has 0 fully saturated rings. The zero-order valence-electron chi connectivity index (χ0n) is 15.0. The van der Waals surface area contributed by atoms with Crippen molar-refractivity contribution in [2.45, 2.75) is 32.6 Å². The van der Waals surface area contributed by atoms with Gasteiger partial charge in [-0.3, -0.25) is 9.59 Å². The SMILES string of the molecule is Cc1cc(C)c(NC(=O)COC(=O)CSc2ccccc2C)c(C)c1. The first-order valence-corrected chi connectivity index (χ1v) is 9.07. The maximum absolute atomic E-state index is 12.0. The summed E-state index contributed by atoms with van der Waals surface area (Å²) in [7, 11) is 0. The Kier molecular flexibility index (Phi) is 6.65. The van der Waals surface area contributed by atoms with Crippen molar-refractivity contribution in [1.29, 1.82) is 0 Å². The van der Waals surface area contributed by atoms with E-state index in [4.69, 9.17) is 4.74 Å². The van der Waals surface area contributed by atoms with Crippen molar-refractivity contribution in [2.24, 2.45) is 0 Å². The van der Waals surface area contributed by atoms with E-state index in [-0.39, 0.29) is 18.3 Å². The van der Waals surface area contributed by atoms with Crippen LogP contribution in [0.4, 0.5) is 5.69 Å². The number of carbonyl (C=O) groups is 2. The molecule has 132 valence electrons. The Labute approximate surface area is 153 Å². The fourth-order valence-electron chi connectivity index (χ4n) is 2.60. The van der Waals surface area contributed by atoms with Gasteiger partial charge in [-0.1, -0.05) is 35.9 Å². The second-order valence-electron chi connectivity index (χ2n) is 6.04. The second-order valence-corrected chi connectivity index (χ2v) is 7.05. The molecule has 5 heteroatoms. The van der Waals surface area contributed by atoms with Crippen LogP contribution in [0.3, 0.4) is 0 Å². The van der Waals surface area contributed by atoms with Crippen molar-refractivity contribution >= 4 is 29.3 Å². The summed E-state index contributed by atoms with van der Waals surface area (Å²) in [6.07, 6.45) is 0. The third kappa shape index (κ3) is 5.64. The third-order valence-electron chi connectivity index (χ3n) is 3.74. The number of amides is 1. The molecule has 0 heterocycles. The van der Waals surface area contributed by atoms with Crippen molar-refractivity contribution in [3.63, 3.8) is 0 Å². The lowest BCUT2D eigenvalue weighted by Crippen LogP contribution is -2.22. The fourth-order valence-corrected chi connectivity index (χ4v) is 3.42. The van der Waals surface area contributed by atoms with Gasteiger partial charge in [0.05, 0.1) is 5.75 Å². The highest BCUT2D eigenvalue weighted by atomic mass is 32.2. The molecule has 0 aromatic heterocycles. The first kappa shape index (κ1) is 19.1. The summed E-state index contributed by atoms with van der Waals surface area (Å²) in [4.78, 5) is 24.9. The van der Waals surface area contributed by atoms with Crippen LogP contribution in [0.2, 0.25) is 0 Å². The van der Waals surface area contributed by atoms with E-state index in [9.17, 15) is 9.59 Å². The number of hydrogen-bond donors (Lipinski definition) is 1. The quantitative estimate of drug-likeness (QED) is 0.622. The molecule has 2 rings (SSSR count). The van der Waals surface area contributed by atoms with Crippen molar-refractivity contribution in [2.75, 3.05) is 17.7 Å². The number of rotatable bonds is 6. The maximum atomic E-state index is 12.0. The van der Waals surface area contributed by atoms with Crippen LogP contribution in [0, 0.1) is 27.7 Å². The Bertz CT molecular complexity index is 763. The number of nitrogens with one attached hydrogen (secondary N) is 1. The number of ether oxygens (including phenoxy) is 1. The van der Waals surface area contributed by atoms with Crippen LogP contribution in [0.15, 0.2) is 41.3 Å². The Morgan fingerprint density at radius 3 is 2.28 bits per heavy atom. The Morgan fingerprint density at radius 1 is 1.00 bits per heavy atom. The summed E-state index contributed by atoms with van der Waals surface area (Å²) < 4.78 is 5.07. The van der Waals surface area contributed by atoms with Crippen LogP contribution in [-0.4, -0.2) is 24.2 Å². The Morgan fingerprint density at radius 2 is 1.64 bits per heavy atom. The van der Waals surface area contributed by atoms with E-state index in [2.05, 4.69) is 5.32 Å². The van der Waals surface area contributed by atoms with Gasteiger partial charge in [0, 0.05) is 10.6 Å². The van der Waals surface area contributed by atoms with E-state index < -0.39 is 5.97 Å². The summed E-state index contributed by atoms with van der Waals surface area (Å²) in [5.41, 5.74) is 5.02. The van der Waals surface area contributed by atoms with E-state index in [0.717, 1.165) is 32.8 Å². The molecule has 1 amide bonds. The highest BCUT2D eigenvalue weighted by Gasteiger charge is 2.12. The Hall–Kier alpha value is -2.27. The zero-order chi connectivity index (χ0) is 18.4. The number of esters is 1. The molecule has 0 aliphatic carbocycles. The highest BCUT2D eigenvalue weighted by Crippen LogP contribution is 2.23. The van der Waals surface area contributed by atoms with Crippen LogP contribution >= 0.6 is 11.8 Å². The highest BCUT2D eigenvalue weighted by molar-refractivity contribution is 8.00. The van der Waals surface area contributed by atoms with Crippen LogP contribution < -0.4 is 5.32 Å². The molecule has 25 heavy (non-hydrogen) atoms. The van der Waals surface area contributed by atoms with Gasteiger partial charge in [-0.15, -0.1) is 11.8 Å². The van der Waals surface area contributed by atoms with E-state index in [0.29, 0.717) is 0 Å². The van der Waals surface area contributed by atoms with Crippen LogP contribution in [-0.2, 0) is 14.3 Å². The van der Waals surface area contributed by atoms with E-state index in [1.807, 2.05) is 64.1 Å². The molecule has 2 aromatic carbocycles. The number of carbonyl (C=O) groups excluding carboxylic acids is 2. The van der Waals surface area contributed by atoms with Gasteiger partial charge in [-0.05, 0) is 50.5 Å². The van der Waals surface area contributed by atoms with Crippen molar-refractivity contribution < 1.29 is 14.3 Å². The van der Waals surface area contributed by atoms with Crippen molar-refractivity contribution in [1.82, 2.24) is 0 Å². The molecule has 4 nitrogen and oxygen atoms in total. The summed E-state index contributed by atoms with van der Waals surface area (Å²) in [5, 5.41) is 2.82. The van der Waals surface area contributed by atoms with Crippen LogP contribution in [0.1, 0.15) is 22.3 Å². The summed E-state index contributed by atoms with van der Waals surface area (Å²) in [5.74, 6) is -0.550. The van der Waals surface area contributed by atoms with E-state index in [1.54, 1.807) is 0 Å². The minimum atomic E-state index is -0.402. The Balaban J connectivity index is 1.82. The largest absolute Gasteiger partial charge is 0.455 e. The molecule has 0 radical (unpaired) electrons. The average Bonchev–Trinajstić information content (AvgIpc) is 2.55. The minimum Gasteiger partial charge on any atom is -0.455 e. The van der Waals surface area contributed by atoms with Gasteiger partial charge in [-0.25, -0.2) is 0 Å². The molecule has 0 spiro atoms. The fraction of sp³-hybridized carbons (Fsp3) is 0.300. The van der Waals surface area contributed by atoms with Gasteiger partial charge in [0.2, 0.25) is 0 Å². The van der Waals surface area contributed by atoms with Crippen molar-refractivity contribution in [3.8, 4) is 0 Å². The molecule has 0 bridgehead atoms. The molecular weight excluding hydrogens is 334 g/mol. The molecular formula is C20H23NO3S. The lowest BCUT2D eigenvalue weighted by molar-refractivity contribution is -0.144. The minimum absolute atomic E-state index is 0.181. The molecule has 0 atom stereocenters. The average molecular weight is 357 g/mol. The first-order valence-electron chi connectivity index (χ1n) is 8.08. The molecule has 1 N–H and O–H groups in total. The summed E-state index contributed by atoms with van der Waals surface area (Å²) in [6, 6.07) is 11.9. The van der Waals surface area contributed by atoms with Crippen LogP contribution in [0.5, 0.6) is 0 Å². The standard InChI is InChI=1S/C20H23NO3S/c1-13-9-15(3)20(16(4)10-13)21-18(22)11-24-19(23)12-25-17-8-6-5-7-14(17)2/h5-10H,11-12H2,1-4H3,(H,21,22). The molecule has 0 saturated carbocycles. The van der Waals surface area contributed by atoms with E-state index >= 15 is 0 Å². The molecule has 2 aromatic rings. The smallest absolute Gasteiger partial charge is 0.316 e. The first-order chi connectivity index (χ1) is 11.9. The van der Waals surface area contributed by atoms with Crippen molar-refractivity contribution in [3.05, 3.63) is 58.7 Å². The number of aryl methyl sites for hydroxylation is 4. The molecule has 0 aliphatic heterocycles. The summed E-state index contributed by atoms with van der Waals surface area (Å²) >= 11 is 1.41. The normalized spacial score (nSPS) is 10.4. The molecule has 0 saturated heterocycles. The van der Waals surface area contributed by atoms with Gasteiger partial charge in [0.25, 0.3) is 5.91 Å². The lowest BCUT2D eigenvalue weighted by Gasteiger charge is -2.13. The predicted octanol–water partition coefficient (Wildman–Crippen LogP) is 4.19. The number of thioether (sulfide) groups is 1. The molecule has 0 aliphatic rings. The van der Waals surface area contributed by atoms with E-state index in [1.165, 1.54) is 11.8 Å². The monoisotopic (exact) mass is 357 g/mol. The number of anilines is 1. The maximum Gasteiger partial charge on any atom is 0.316 e. The van der Waals surface area contributed by atoms with Gasteiger partial charge >= 0.3 is 5.97 Å².